The van der Waals surface area contributed by atoms with Gasteiger partial charge in [-0.25, -0.2) is 0 Å². The Morgan fingerprint density at radius 3 is 2.60 bits per heavy atom. The van der Waals surface area contributed by atoms with E-state index >= 15 is 0 Å². The number of ether oxygens (including phenoxy) is 2. The topological polar surface area (TPSA) is 67.8 Å². The Morgan fingerprint density at radius 1 is 1.35 bits per heavy atom. The predicted molar refractivity (Wildman–Crippen MR) is 76.9 cm³/mol. The van der Waals surface area contributed by atoms with Gasteiger partial charge in [-0.05, 0) is 31.9 Å². The maximum absolute atomic E-state index is 11.1. The van der Waals surface area contributed by atoms with E-state index in [1.54, 1.807) is 6.92 Å². The Kier molecular flexibility index (Phi) is 7.04. The molecule has 0 aliphatic carbocycles. The number of aliphatic hydroxyl groups is 1. The van der Waals surface area contributed by atoms with Crippen molar-refractivity contribution >= 4 is 5.97 Å². The first-order chi connectivity index (χ1) is 9.54. The average molecular weight is 281 g/mol. The van der Waals surface area contributed by atoms with Gasteiger partial charge in [-0.3, -0.25) is 4.79 Å². The largest absolute Gasteiger partial charge is 0.490 e. The lowest BCUT2D eigenvalue weighted by atomic mass is 10.1. The summed E-state index contributed by atoms with van der Waals surface area (Å²) in [5.74, 6) is 0.479. The Bertz CT molecular complexity index is 414. The summed E-state index contributed by atoms with van der Waals surface area (Å²) in [5, 5.41) is 12.6. The van der Waals surface area contributed by atoms with Crippen molar-refractivity contribution in [2.45, 2.75) is 26.9 Å². The summed E-state index contributed by atoms with van der Waals surface area (Å²) in [6, 6.07) is 5.90. The fourth-order valence-corrected chi connectivity index (χ4v) is 1.82. The zero-order chi connectivity index (χ0) is 15.0. The summed E-state index contributed by atoms with van der Waals surface area (Å²) in [4.78, 5) is 11.1. The van der Waals surface area contributed by atoms with Crippen LogP contribution in [0.25, 0.3) is 0 Å². The monoisotopic (exact) mass is 281 g/mol. The fourth-order valence-electron chi connectivity index (χ4n) is 1.82. The smallest absolute Gasteiger partial charge is 0.319 e. The number of nitrogens with one attached hydrogen (secondary N) is 1. The first kappa shape index (κ1) is 16.5. The number of rotatable bonds is 8. The Labute approximate surface area is 119 Å². The number of esters is 1. The van der Waals surface area contributed by atoms with Gasteiger partial charge >= 0.3 is 5.97 Å². The molecule has 0 aliphatic heterocycles. The van der Waals surface area contributed by atoms with E-state index in [0.717, 1.165) is 16.9 Å². The number of carbonyl (C=O) groups excluding carboxylic acids is 1. The molecule has 0 aromatic heterocycles. The van der Waals surface area contributed by atoms with Crippen molar-refractivity contribution < 1.29 is 19.4 Å². The van der Waals surface area contributed by atoms with Gasteiger partial charge in [-0.1, -0.05) is 18.2 Å². The first-order valence-electron chi connectivity index (χ1n) is 6.78. The van der Waals surface area contributed by atoms with Crippen molar-refractivity contribution in [3.05, 3.63) is 29.3 Å². The molecule has 5 heteroatoms. The van der Waals surface area contributed by atoms with Crippen LogP contribution < -0.4 is 10.1 Å². The fraction of sp³-hybridized carbons (Fsp3) is 0.533. The zero-order valence-electron chi connectivity index (χ0n) is 12.3. The number of para-hydroxylation sites is 1. The third kappa shape index (κ3) is 5.59. The SMILES string of the molecule is CCOC(=O)CNCC(O)COc1c(C)cccc1C. The van der Waals surface area contributed by atoms with Crippen LogP contribution in [0.4, 0.5) is 0 Å². The third-order valence-corrected chi connectivity index (χ3v) is 2.78. The molecule has 5 nitrogen and oxygen atoms in total. The molecule has 0 amide bonds. The van der Waals surface area contributed by atoms with Crippen molar-refractivity contribution in [1.82, 2.24) is 5.32 Å². The van der Waals surface area contributed by atoms with Gasteiger partial charge in [0, 0.05) is 6.54 Å². The molecular formula is C15H23NO4. The van der Waals surface area contributed by atoms with Crippen molar-refractivity contribution in [2.75, 3.05) is 26.3 Å². The van der Waals surface area contributed by atoms with E-state index in [1.165, 1.54) is 0 Å². The van der Waals surface area contributed by atoms with Crippen LogP contribution in [0.15, 0.2) is 18.2 Å². The van der Waals surface area contributed by atoms with Crippen molar-refractivity contribution in [3.63, 3.8) is 0 Å². The maximum atomic E-state index is 11.1. The summed E-state index contributed by atoms with van der Waals surface area (Å²) in [7, 11) is 0. The van der Waals surface area contributed by atoms with Gasteiger partial charge in [-0.2, -0.15) is 0 Å². The highest BCUT2D eigenvalue weighted by Gasteiger charge is 2.09. The second-order valence-electron chi connectivity index (χ2n) is 4.62. The molecular weight excluding hydrogens is 258 g/mol. The molecule has 0 heterocycles. The molecule has 1 unspecified atom stereocenters. The molecule has 0 fully saturated rings. The highest BCUT2D eigenvalue weighted by Crippen LogP contribution is 2.22. The van der Waals surface area contributed by atoms with Crippen LogP contribution in [0.1, 0.15) is 18.1 Å². The Hall–Kier alpha value is -1.59. The van der Waals surface area contributed by atoms with E-state index in [1.807, 2.05) is 32.0 Å². The molecule has 0 spiro atoms. The van der Waals surface area contributed by atoms with E-state index in [0.29, 0.717) is 6.61 Å². The van der Waals surface area contributed by atoms with Gasteiger partial charge in [0.25, 0.3) is 0 Å². The van der Waals surface area contributed by atoms with Crippen molar-refractivity contribution in [2.24, 2.45) is 0 Å². The summed E-state index contributed by atoms with van der Waals surface area (Å²) >= 11 is 0. The normalized spacial score (nSPS) is 12.0. The lowest BCUT2D eigenvalue weighted by Gasteiger charge is -2.16. The van der Waals surface area contributed by atoms with Gasteiger partial charge < -0.3 is 19.9 Å². The number of hydrogen-bond donors (Lipinski definition) is 2. The molecule has 0 radical (unpaired) electrons. The number of carbonyl (C=O) groups is 1. The number of hydrogen-bond acceptors (Lipinski definition) is 5. The van der Waals surface area contributed by atoms with Crippen molar-refractivity contribution in [1.29, 1.82) is 0 Å². The molecule has 1 aromatic carbocycles. The highest BCUT2D eigenvalue weighted by molar-refractivity contribution is 5.71. The number of aliphatic hydroxyl groups excluding tert-OH is 1. The predicted octanol–water partition coefficient (Wildman–Crippen LogP) is 1.20. The molecule has 20 heavy (non-hydrogen) atoms. The highest BCUT2D eigenvalue weighted by atomic mass is 16.5. The molecule has 1 rings (SSSR count). The van der Waals surface area contributed by atoms with Crippen molar-refractivity contribution in [3.8, 4) is 5.75 Å². The molecule has 1 aromatic rings. The van der Waals surface area contributed by atoms with Gasteiger partial charge in [0.2, 0.25) is 0 Å². The second kappa shape index (κ2) is 8.55. The second-order valence-corrected chi connectivity index (χ2v) is 4.62. The number of aryl methyl sites for hydroxylation is 2. The Balaban J connectivity index is 2.29. The van der Waals surface area contributed by atoms with E-state index < -0.39 is 6.10 Å². The van der Waals surface area contributed by atoms with Crippen LogP contribution in [0.2, 0.25) is 0 Å². The zero-order valence-corrected chi connectivity index (χ0v) is 12.3. The van der Waals surface area contributed by atoms with Gasteiger partial charge in [0.1, 0.15) is 18.5 Å². The minimum Gasteiger partial charge on any atom is -0.490 e. The molecule has 0 saturated carbocycles. The van der Waals surface area contributed by atoms with E-state index in [9.17, 15) is 9.90 Å². The average Bonchev–Trinajstić information content (AvgIpc) is 2.38. The standard InChI is InChI=1S/C15H23NO4/c1-4-19-14(18)9-16-8-13(17)10-20-15-11(2)6-5-7-12(15)3/h5-7,13,16-17H,4,8-10H2,1-3H3. The quantitative estimate of drug-likeness (QED) is 0.701. The Morgan fingerprint density at radius 2 is 2.00 bits per heavy atom. The summed E-state index contributed by atoms with van der Waals surface area (Å²) in [6.45, 7) is 6.60. The van der Waals surface area contributed by atoms with Gasteiger partial charge in [0.15, 0.2) is 0 Å². The maximum Gasteiger partial charge on any atom is 0.319 e. The van der Waals surface area contributed by atoms with Crippen LogP contribution >= 0.6 is 0 Å². The number of benzene rings is 1. The van der Waals surface area contributed by atoms with Gasteiger partial charge in [-0.15, -0.1) is 0 Å². The van der Waals surface area contributed by atoms with E-state index in [2.05, 4.69) is 5.32 Å². The molecule has 2 N–H and O–H groups in total. The van der Waals surface area contributed by atoms with Crippen LogP contribution in [-0.4, -0.2) is 43.5 Å². The summed E-state index contributed by atoms with van der Waals surface area (Å²) in [6.07, 6.45) is -0.677. The molecule has 1 atom stereocenters. The van der Waals surface area contributed by atoms with Crippen LogP contribution in [0.5, 0.6) is 5.75 Å². The first-order valence-corrected chi connectivity index (χ1v) is 6.78. The molecule has 0 bridgehead atoms. The minimum absolute atomic E-state index is 0.0916. The minimum atomic E-state index is -0.677. The molecule has 112 valence electrons. The van der Waals surface area contributed by atoms with Crippen LogP contribution in [-0.2, 0) is 9.53 Å². The van der Waals surface area contributed by atoms with Crippen LogP contribution in [0, 0.1) is 13.8 Å². The lowest BCUT2D eigenvalue weighted by molar-refractivity contribution is -0.142. The lowest BCUT2D eigenvalue weighted by Crippen LogP contribution is -2.35. The molecule has 0 saturated heterocycles. The van der Waals surface area contributed by atoms with Gasteiger partial charge in [0.05, 0.1) is 13.2 Å². The molecule has 0 aliphatic rings. The third-order valence-electron chi connectivity index (χ3n) is 2.78. The summed E-state index contributed by atoms with van der Waals surface area (Å²) < 4.78 is 10.4. The van der Waals surface area contributed by atoms with E-state index in [4.69, 9.17) is 9.47 Å². The van der Waals surface area contributed by atoms with Crippen LogP contribution in [0.3, 0.4) is 0 Å². The van der Waals surface area contributed by atoms with E-state index in [-0.39, 0.29) is 25.7 Å². The summed E-state index contributed by atoms with van der Waals surface area (Å²) in [5.41, 5.74) is 2.08.